The highest BCUT2D eigenvalue weighted by atomic mass is 19.1. The number of aliphatic hydroxyl groups excluding tert-OH is 1. The van der Waals surface area contributed by atoms with Crippen molar-refractivity contribution in [1.82, 2.24) is 5.32 Å². The maximum atomic E-state index is 13.2. The van der Waals surface area contributed by atoms with E-state index >= 15 is 0 Å². The molecular formula is C21H21FN2O3. The highest BCUT2D eigenvalue weighted by Crippen LogP contribution is 2.31. The summed E-state index contributed by atoms with van der Waals surface area (Å²) in [5, 5.41) is 14.6. The largest absolute Gasteiger partial charge is 0.396 e. The fourth-order valence-electron chi connectivity index (χ4n) is 3.23. The smallest absolute Gasteiger partial charge is 0.253 e. The van der Waals surface area contributed by atoms with Crippen molar-refractivity contribution in [2.45, 2.75) is 25.7 Å². The van der Waals surface area contributed by atoms with Gasteiger partial charge in [0.25, 0.3) is 5.91 Å². The summed E-state index contributed by atoms with van der Waals surface area (Å²) in [6, 6.07) is 11.3. The average molecular weight is 368 g/mol. The molecule has 2 aromatic rings. The highest BCUT2D eigenvalue weighted by molar-refractivity contribution is 6.06. The van der Waals surface area contributed by atoms with Crippen molar-refractivity contribution in [3.8, 4) is 0 Å². The lowest BCUT2D eigenvalue weighted by Gasteiger charge is -2.24. The Bertz CT molecular complexity index is 891. The minimum Gasteiger partial charge on any atom is -0.396 e. The predicted octanol–water partition coefficient (Wildman–Crippen LogP) is 2.80. The molecule has 1 aliphatic rings. The van der Waals surface area contributed by atoms with Crippen molar-refractivity contribution in [2.24, 2.45) is 0 Å². The number of hydrogen-bond donors (Lipinski definition) is 3. The van der Waals surface area contributed by atoms with Crippen molar-refractivity contribution >= 4 is 17.5 Å². The van der Waals surface area contributed by atoms with Crippen LogP contribution in [0.3, 0.4) is 0 Å². The molecule has 2 amide bonds. The number of nitrogens with one attached hydrogen (secondary N) is 2. The summed E-state index contributed by atoms with van der Waals surface area (Å²) in [7, 11) is 0. The number of carbonyl (C=O) groups excluding carboxylic acids is 2. The van der Waals surface area contributed by atoms with Crippen LogP contribution < -0.4 is 10.6 Å². The van der Waals surface area contributed by atoms with Gasteiger partial charge in [-0.15, -0.1) is 0 Å². The standard InChI is InChI=1S/C21H21FN2O3/c1-13-14(9-10-25)3-2-4-19(13)24-21(27)18-12-23-20(26)11-17(18)15-5-7-16(22)8-6-15/h2-8,12,17,25H,9-11H2,1H3,(H,23,26)(H,24,27). The lowest BCUT2D eigenvalue weighted by molar-refractivity contribution is -0.121. The van der Waals surface area contributed by atoms with Crippen LogP contribution in [0.25, 0.3) is 0 Å². The molecule has 3 N–H and O–H groups in total. The second kappa shape index (κ2) is 8.14. The molecule has 0 aromatic heterocycles. The van der Waals surface area contributed by atoms with Gasteiger partial charge < -0.3 is 15.7 Å². The fourth-order valence-corrected chi connectivity index (χ4v) is 3.23. The Kier molecular flexibility index (Phi) is 5.66. The molecule has 1 aliphatic heterocycles. The quantitative estimate of drug-likeness (QED) is 0.759. The number of benzene rings is 2. The summed E-state index contributed by atoms with van der Waals surface area (Å²) in [4.78, 5) is 24.7. The first-order valence-corrected chi connectivity index (χ1v) is 8.75. The van der Waals surface area contributed by atoms with E-state index in [-0.39, 0.29) is 30.7 Å². The molecule has 6 heteroatoms. The lowest BCUT2D eigenvalue weighted by atomic mass is 9.86. The van der Waals surface area contributed by atoms with E-state index in [1.807, 2.05) is 19.1 Å². The Balaban J connectivity index is 1.87. The molecule has 5 nitrogen and oxygen atoms in total. The van der Waals surface area contributed by atoms with E-state index in [4.69, 9.17) is 5.11 Å². The first-order chi connectivity index (χ1) is 13.0. The van der Waals surface area contributed by atoms with Crippen LogP contribution in [-0.4, -0.2) is 23.5 Å². The third-order valence-electron chi connectivity index (χ3n) is 4.76. The Morgan fingerprint density at radius 2 is 2.00 bits per heavy atom. The molecule has 1 heterocycles. The third kappa shape index (κ3) is 4.23. The molecule has 140 valence electrons. The van der Waals surface area contributed by atoms with Crippen LogP contribution in [0.4, 0.5) is 10.1 Å². The van der Waals surface area contributed by atoms with Crippen LogP contribution in [0.1, 0.15) is 29.0 Å². The van der Waals surface area contributed by atoms with Crippen molar-refractivity contribution in [2.75, 3.05) is 11.9 Å². The molecule has 0 bridgehead atoms. The van der Waals surface area contributed by atoms with Gasteiger partial charge in [-0.25, -0.2) is 4.39 Å². The van der Waals surface area contributed by atoms with Gasteiger partial charge >= 0.3 is 0 Å². The van der Waals surface area contributed by atoms with E-state index in [0.29, 0.717) is 23.2 Å². The molecule has 0 fully saturated rings. The van der Waals surface area contributed by atoms with Gasteiger partial charge in [-0.05, 0) is 48.2 Å². The normalized spacial score (nSPS) is 16.5. The Morgan fingerprint density at radius 1 is 1.26 bits per heavy atom. The van der Waals surface area contributed by atoms with Crippen molar-refractivity contribution in [1.29, 1.82) is 0 Å². The van der Waals surface area contributed by atoms with E-state index in [9.17, 15) is 14.0 Å². The number of amides is 2. The Labute approximate surface area is 156 Å². The fraction of sp³-hybridized carbons (Fsp3) is 0.238. The third-order valence-corrected chi connectivity index (χ3v) is 4.76. The number of hydrogen-bond acceptors (Lipinski definition) is 3. The molecule has 0 radical (unpaired) electrons. The summed E-state index contributed by atoms with van der Waals surface area (Å²) < 4.78 is 13.2. The lowest BCUT2D eigenvalue weighted by Crippen LogP contribution is -2.32. The van der Waals surface area contributed by atoms with Gasteiger partial charge in [-0.1, -0.05) is 24.3 Å². The Hall–Kier alpha value is -2.99. The molecule has 27 heavy (non-hydrogen) atoms. The zero-order valence-corrected chi connectivity index (χ0v) is 15.0. The number of anilines is 1. The number of rotatable bonds is 5. The summed E-state index contributed by atoms with van der Waals surface area (Å²) >= 11 is 0. The zero-order chi connectivity index (χ0) is 19.4. The second-order valence-electron chi connectivity index (χ2n) is 6.49. The molecule has 0 aliphatic carbocycles. The SMILES string of the molecule is Cc1c(CCO)cccc1NC(=O)C1=CNC(=O)CC1c1ccc(F)cc1. The minimum atomic E-state index is -0.444. The van der Waals surface area contributed by atoms with Crippen LogP contribution in [0.5, 0.6) is 0 Å². The van der Waals surface area contributed by atoms with E-state index in [1.54, 1.807) is 18.2 Å². The summed E-state index contributed by atoms with van der Waals surface area (Å²) in [5.74, 6) is -1.33. The van der Waals surface area contributed by atoms with Crippen LogP contribution in [-0.2, 0) is 16.0 Å². The molecule has 3 rings (SSSR count). The number of carbonyl (C=O) groups is 2. The van der Waals surface area contributed by atoms with E-state index in [0.717, 1.165) is 11.1 Å². The van der Waals surface area contributed by atoms with Gasteiger partial charge in [-0.2, -0.15) is 0 Å². The van der Waals surface area contributed by atoms with Crippen molar-refractivity contribution in [3.05, 3.63) is 76.7 Å². The van der Waals surface area contributed by atoms with Gasteiger partial charge in [0.05, 0.1) is 0 Å². The molecule has 0 spiro atoms. The van der Waals surface area contributed by atoms with Gasteiger partial charge in [0.1, 0.15) is 5.82 Å². The van der Waals surface area contributed by atoms with Gasteiger partial charge in [-0.3, -0.25) is 9.59 Å². The summed E-state index contributed by atoms with van der Waals surface area (Å²) in [5.41, 5.74) is 3.61. The van der Waals surface area contributed by atoms with Crippen molar-refractivity contribution in [3.63, 3.8) is 0 Å². The first-order valence-electron chi connectivity index (χ1n) is 8.75. The molecule has 2 aromatic carbocycles. The van der Waals surface area contributed by atoms with E-state index in [1.165, 1.54) is 18.3 Å². The molecular weight excluding hydrogens is 347 g/mol. The zero-order valence-electron chi connectivity index (χ0n) is 15.0. The molecule has 0 saturated carbocycles. The van der Waals surface area contributed by atoms with Gasteiger partial charge in [0.15, 0.2) is 0 Å². The monoisotopic (exact) mass is 368 g/mol. The molecule has 1 unspecified atom stereocenters. The number of halogens is 1. The number of aliphatic hydroxyl groups is 1. The minimum absolute atomic E-state index is 0.0298. The van der Waals surface area contributed by atoms with Gasteiger partial charge in [0, 0.05) is 36.4 Å². The maximum Gasteiger partial charge on any atom is 0.253 e. The van der Waals surface area contributed by atoms with Crippen LogP contribution in [0, 0.1) is 12.7 Å². The summed E-state index contributed by atoms with van der Waals surface area (Å²) in [6.07, 6.45) is 2.04. The molecule has 0 saturated heterocycles. The second-order valence-corrected chi connectivity index (χ2v) is 6.49. The van der Waals surface area contributed by atoms with E-state index in [2.05, 4.69) is 10.6 Å². The summed E-state index contributed by atoms with van der Waals surface area (Å²) in [6.45, 7) is 1.91. The first kappa shape index (κ1) is 18.8. The van der Waals surface area contributed by atoms with Crippen LogP contribution in [0.2, 0.25) is 0 Å². The van der Waals surface area contributed by atoms with Crippen LogP contribution in [0.15, 0.2) is 54.2 Å². The Morgan fingerprint density at radius 3 is 2.70 bits per heavy atom. The van der Waals surface area contributed by atoms with Crippen LogP contribution >= 0.6 is 0 Å². The van der Waals surface area contributed by atoms with E-state index < -0.39 is 5.92 Å². The highest BCUT2D eigenvalue weighted by Gasteiger charge is 2.29. The topological polar surface area (TPSA) is 78.4 Å². The average Bonchev–Trinajstić information content (AvgIpc) is 2.65. The molecule has 1 atom stereocenters. The van der Waals surface area contributed by atoms with Crippen molar-refractivity contribution < 1.29 is 19.1 Å². The maximum absolute atomic E-state index is 13.2. The predicted molar refractivity (Wildman–Crippen MR) is 101 cm³/mol. The van der Waals surface area contributed by atoms with Gasteiger partial charge in [0.2, 0.25) is 5.91 Å².